The number of rotatable bonds is 8. The quantitative estimate of drug-likeness (QED) is 0.684. The van der Waals surface area contributed by atoms with Crippen LogP contribution < -0.4 is 5.32 Å². The molecule has 0 heterocycles. The number of nitrogens with one attached hydrogen (secondary N) is 1. The largest absolute Gasteiger partial charge is 0.392 e. The molecule has 1 rings (SSSR count). The molecular weight excluding hydrogens is 230 g/mol. The molecule has 0 fully saturated rings. The Morgan fingerprint density at radius 2 is 1.94 bits per heavy atom. The Hall–Kier alpha value is -1.39. The van der Waals surface area contributed by atoms with Crippen LogP contribution in [0.4, 0.5) is 0 Å². The topological polar surface area (TPSA) is 58.6 Å². The maximum Gasteiger partial charge on any atom is 0.220 e. The monoisotopic (exact) mass is 251 g/mol. The number of amides is 1. The summed E-state index contributed by atoms with van der Waals surface area (Å²) in [6.45, 7) is 1.33. The molecule has 0 bridgehead atoms. The molecule has 4 heteroatoms. The lowest BCUT2D eigenvalue weighted by atomic mass is 10.1. The molecule has 0 aliphatic rings. The summed E-state index contributed by atoms with van der Waals surface area (Å²) in [4.78, 5) is 11.4. The van der Waals surface area contributed by atoms with E-state index in [0.717, 1.165) is 24.0 Å². The molecule has 2 N–H and O–H groups in total. The first-order chi connectivity index (χ1) is 8.76. The van der Waals surface area contributed by atoms with Crippen LogP contribution in [-0.4, -0.2) is 31.3 Å². The molecule has 0 spiro atoms. The van der Waals surface area contributed by atoms with Crippen molar-refractivity contribution in [3.05, 3.63) is 35.4 Å². The lowest BCUT2D eigenvalue weighted by Crippen LogP contribution is -2.25. The standard InChI is InChI=1S/C14H21NO3/c1-18-10-2-3-14(17)15-9-8-12-4-6-13(11-16)7-5-12/h4-7,16H,2-3,8-11H2,1H3,(H,15,17). The van der Waals surface area contributed by atoms with Gasteiger partial charge in [0.15, 0.2) is 0 Å². The zero-order valence-electron chi connectivity index (χ0n) is 10.8. The predicted octanol–water partition coefficient (Wildman–Crippen LogP) is 1.26. The maximum absolute atomic E-state index is 11.4. The zero-order valence-corrected chi connectivity index (χ0v) is 10.8. The third kappa shape index (κ3) is 5.80. The Labute approximate surface area is 108 Å². The number of carbonyl (C=O) groups is 1. The molecule has 0 aliphatic heterocycles. The number of carbonyl (C=O) groups excluding carboxylic acids is 1. The SMILES string of the molecule is COCCCC(=O)NCCc1ccc(CO)cc1. The number of methoxy groups -OCH3 is 1. The number of aliphatic hydroxyl groups excluding tert-OH is 1. The summed E-state index contributed by atoms with van der Waals surface area (Å²) in [6, 6.07) is 7.75. The minimum Gasteiger partial charge on any atom is -0.392 e. The summed E-state index contributed by atoms with van der Waals surface area (Å²) in [5.41, 5.74) is 2.06. The van der Waals surface area contributed by atoms with Crippen LogP contribution in [0.2, 0.25) is 0 Å². The first-order valence-corrected chi connectivity index (χ1v) is 6.20. The normalized spacial score (nSPS) is 10.3. The Balaban J connectivity index is 2.18. The highest BCUT2D eigenvalue weighted by atomic mass is 16.5. The van der Waals surface area contributed by atoms with Crippen LogP contribution in [0.15, 0.2) is 24.3 Å². The highest BCUT2D eigenvalue weighted by Crippen LogP contribution is 2.04. The molecule has 0 aliphatic carbocycles. The van der Waals surface area contributed by atoms with Gasteiger partial charge in [0.05, 0.1) is 6.61 Å². The van der Waals surface area contributed by atoms with E-state index in [9.17, 15) is 4.79 Å². The Kier molecular flexibility index (Phi) is 7.06. The second-order valence-electron chi connectivity index (χ2n) is 4.17. The summed E-state index contributed by atoms with van der Waals surface area (Å²) >= 11 is 0. The summed E-state index contributed by atoms with van der Waals surface area (Å²) in [7, 11) is 1.63. The van der Waals surface area contributed by atoms with E-state index in [1.54, 1.807) is 7.11 Å². The first-order valence-electron chi connectivity index (χ1n) is 6.20. The number of aliphatic hydroxyl groups is 1. The second kappa shape index (κ2) is 8.66. The van der Waals surface area contributed by atoms with Crippen molar-refractivity contribution in [3.63, 3.8) is 0 Å². The van der Waals surface area contributed by atoms with Gasteiger partial charge in [0.25, 0.3) is 0 Å². The molecule has 0 atom stereocenters. The first kappa shape index (κ1) is 14.7. The molecule has 100 valence electrons. The van der Waals surface area contributed by atoms with Crippen molar-refractivity contribution in [2.75, 3.05) is 20.3 Å². The molecule has 0 saturated heterocycles. The second-order valence-corrected chi connectivity index (χ2v) is 4.17. The van der Waals surface area contributed by atoms with Gasteiger partial charge in [-0.05, 0) is 24.0 Å². The molecule has 1 aromatic rings. The Bertz CT molecular complexity index is 349. The maximum atomic E-state index is 11.4. The highest BCUT2D eigenvalue weighted by molar-refractivity contribution is 5.75. The Morgan fingerprint density at radius 1 is 1.28 bits per heavy atom. The fourth-order valence-electron chi connectivity index (χ4n) is 1.62. The van der Waals surface area contributed by atoms with Gasteiger partial charge in [-0.2, -0.15) is 0 Å². The summed E-state index contributed by atoms with van der Waals surface area (Å²) in [6.07, 6.45) is 2.08. The van der Waals surface area contributed by atoms with Crippen LogP contribution in [0, 0.1) is 0 Å². The third-order valence-electron chi connectivity index (χ3n) is 2.69. The van der Waals surface area contributed by atoms with E-state index in [-0.39, 0.29) is 12.5 Å². The van der Waals surface area contributed by atoms with E-state index in [0.29, 0.717) is 19.6 Å². The van der Waals surface area contributed by atoms with Gasteiger partial charge in [-0.1, -0.05) is 24.3 Å². The summed E-state index contributed by atoms with van der Waals surface area (Å²) in [5.74, 6) is 0.0685. The van der Waals surface area contributed by atoms with Gasteiger partial charge in [-0.3, -0.25) is 4.79 Å². The molecular formula is C14H21NO3. The Morgan fingerprint density at radius 3 is 2.56 bits per heavy atom. The van der Waals surface area contributed by atoms with Crippen molar-refractivity contribution in [2.45, 2.75) is 25.9 Å². The van der Waals surface area contributed by atoms with Crippen LogP contribution >= 0.6 is 0 Å². The van der Waals surface area contributed by atoms with Gasteiger partial charge in [0.1, 0.15) is 0 Å². The smallest absolute Gasteiger partial charge is 0.220 e. The molecule has 1 aromatic carbocycles. The average Bonchev–Trinajstić information content (AvgIpc) is 2.40. The van der Waals surface area contributed by atoms with Crippen molar-refractivity contribution in [3.8, 4) is 0 Å². The van der Waals surface area contributed by atoms with Crippen molar-refractivity contribution in [1.82, 2.24) is 5.32 Å². The molecule has 1 amide bonds. The van der Waals surface area contributed by atoms with Crippen molar-refractivity contribution in [1.29, 1.82) is 0 Å². The fourth-order valence-corrected chi connectivity index (χ4v) is 1.62. The van der Waals surface area contributed by atoms with E-state index >= 15 is 0 Å². The van der Waals surface area contributed by atoms with Crippen LogP contribution in [0.1, 0.15) is 24.0 Å². The van der Waals surface area contributed by atoms with Crippen molar-refractivity contribution in [2.24, 2.45) is 0 Å². The van der Waals surface area contributed by atoms with Gasteiger partial charge in [-0.25, -0.2) is 0 Å². The van der Waals surface area contributed by atoms with Crippen LogP contribution in [-0.2, 0) is 22.6 Å². The predicted molar refractivity (Wildman–Crippen MR) is 70.2 cm³/mol. The van der Waals surface area contributed by atoms with E-state index < -0.39 is 0 Å². The third-order valence-corrected chi connectivity index (χ3v) is 2.69. The number of benzene rings is 1. The van der Waals surface area contributed by atoms with Crippen LogP contribution in [0.25, 0.3) is 0 Å². The molecule has 0 radical (unpaired) electrons. The van der Waals surface area contributed by atoms with Crippen LogP contribution in [0.5, 0.6) is 0 Å². The van der Waals surface area contributed by atoms with E-state index in [1.807, 2.05) is 24.3 Å². The van der Waals surface area contributed by atoms with Gasteiger partial charge in [0.2, 0.25) is 5.91 Å². The fraction of sp³-hybridized carbons (Fsp3) is 0.500. The minimum absolute atomic E-state index is 0.0660. The summed E-state index contributed by atoms with van der Waals surface area (Å²) < 4.78 is 4.89. The number of hydrogen-bond acceptors (Lipinski definition) is 3. The number of ether oxygens (including phenoxy) is 1. The van der Waals surface area contributed by atoms with Crippen molar-refractivity contribution < 1.29 is 14.6 Å². The van der Waals surface area contributed by atoms with E-state index in [2.05, 4.69) is 5.32 Å². The zero-order chi connectivity index (χ0) is 13.2. The highest BCUT2D eigenvalue weighted by Gasteiger charge is 2.00. The van der Waals surface area contributed by atoms with Gasteiger partial charge in [0, 0.05) is 26.7 Å². The molecule has 4 nitrogen and oxygen atoms in total. The lowest BCUT2D eigenvalue weighted by molar-refractivity contribution is -0.121. The lowest BCUT2D eigenvalue weighted by Gasteiger charge is -2.05. The summed E-state index contributed by atoms with van der Waals surface area (Å²) in [5, 5.41) is 11.8. The minimum atomic E-state index is 0.0660. The number of hydrogen-bond donors (Lipinski definition) is 2. The van der Waals surface area contributed by atoms with E-state index in [1.165, 1.54) is 0 Å². The van der Waals surface area contributed by atoms with Crippen LogP contribution in [0.3, 0.4) is 0 Å². The molecule has 0 unspecified atom stereocenters. The van der Waals surface area contributed by atoms with Gasteiger partial charge < -0.3 is 15.2 Å². The van der Waals surface area contributed by atoms with Gasteiger partial charge in [-0.15, -0.1) is 0 Å². The van der Waals surface area contributed by atoms with Crippen molar-refractivity contribution >= 4 is 5.91 Å². The average molecular weight is 251 g/mol. The van der Waals surface area contributed by atoms with E-state index in [4.69, 9.17) is 9.84 Å². The molecule has 18 heavy (non-hydrogen) atoms. The molecule has 0 aromatic heterocycles. The molecule has 0 saturated carbocycles. The van der Waals surface area contributed by atoms with Gasteiger partial charge >= 0.3 is 0 Å².